The number of hydrogen-bond donors (Lipinski definition) is 1. The van der Waals surface area contributed by atoms with Gasteiger partial charge < -0.3 is 10.1 Å². The predicted molar refractivity (Wildman–Crippen MR) is 80.9 cm³/mol. The summed E-state index contributed by atoms with van der Waals surface area (Å²) >= 11 is 0. The number of rotatable bonds is 8. The third kappa shape index (κ3) is 4.70. The van der Waals surface area contributed by atoms with Crippen LogP contribution in [0.5, 0.6) is 5.75 Å². The third-order valence-corrected chi connectivity index (χ3v) is 3.01. The van der Waals surface area contributed by atoms with Gasteiger partial charge in [-0.3, -0.25) is 4.68 Å². The summed E-state index contributed by atoms with van der Waals surface area (Å²) in [5.74, 6) is 0.921. The van der Waals surface area contributed by atoms with Crippen molar-refractivity contribution in [2.75, 3.05) is 13.2 Å². The van der Waals surface area contributed by atoms with Gasteiger partial charge in [0.1, 0.15) is 12.4 Å². The molecule has 2 aromatic rings. The van der Waals surface area contributed by atoms with Crippen molar-refractivity contribution in [3.63, 3.8) is 0 Å². The number of ether oxygens (including phenoxy) is 1. The molecular formula is C16H23N3O. The van der Waals surface area contributed by atoms with Gasteiger partial charge >= 0.3 is 0 Å². The van der Waals surface area contributed by atoms with Gasteiger partial charge in [0.2, 0.25) is 0 Å². The Morgan fingerprint density at radius 3 is 3.00 bits per heavy atom. The van der Waals surface area contributed by atoms with E-state index in [1.165, 1.54) is 11.1 Å². The first-order valence-corrected chi connectivity index (χ1v) is 7.19. The molecule has 4 heteroatoms. The van der Waals surface area contributed by atoms with Gasteiger partial charge in [-0.1, -0.05) is 19.1 Å². The van der Waals surface area contributed by atoms with Gasteiger partial charge in [0, 0.05) is 12.7 Å². The molecule has 4 nitrogen and oxygen atoms in total. The van der Waals surface area contributed by atoms with Crippen molar-refractivity contribution in [3.05, 3.63) is 47.8 Å². The summed E-state index contributed by atoms with van der Waals surface area (Å²) in [6, 6.07) is 8.25. The zero-order valence-corrected chi connectivity index (χ0v) is 12.3. The lowest BCUT2D eigenvalue weighted by Crippen LogP contribution is -2.14. The molecule has 0 spiro atoms. The van der Waals surface area contributed by atoms with E-state index in [2.05, 4.69) is 29.5 Å². The molecule has 108 valence electrons. The number of aryl methyl sites for hydroxylation is 1. The maximum atomic E-state index is 5.78. The lowest BCUT2D eigenvalue weighted by atomic mass is 10.2. The van der Waals surface area contributed by atoms with Gasteiger partial charge in [-0.05, 0) is 43.1 Å². The largest absolute Gasteiger partial charge is 0.492 e. The van der Waals surface area contributed by atoms with E-state index in [0.717, 1.165) is 31.8 Å². The van der Waals surface area contributed by atoms with Crippen LogP contribution in [0.3, 0.4) is 0 Å². The molecule has 1 N–H and O–H groups in total. The van der Waals surface area contributed by atoms with Crippen molar-refractivity contribution in [1.29, 1.82) is 0 Å². The molecule has 0 saturated carbocycles. The molecular weight excluding hydrogens is 250 g/mol. The highest BCUT2D eigenvalue weighted by molar-refractivity contribution is 5.28. The maximum Gasteiger partial charge on any atom is 0.119 e. The first-order valence-electron chi connectivity index (χ1n) is 7.19. The van der Waals surface area contributed by atoms with E-state index >= 15 is 0 Å². The Morgan fingerprint density at radius 1 is 1.35 bits per heavy atom. The van der Waals surface area contributed by atoms with Crippen molar-refractivity contribution in [1.82, 2.24) is 15.1 Å². The topological polar surface area (TPSA) is 39.1 Å². The molecule has 0 aliphatic rings. The zero-order valence-electron chi connectivity index (χ0n) is 12.3. The van der Waals surface area contributed by atoms with Crippen LogP contribution in [0, 0.1) is 6.92 Å². The number of hydrogen-bond acceptors (Lipinski definition) is 3. The summed E-state index contributed by atoms with van der Waals surface area (Å²) < 4.78 is 7.68. The van der Waals surface area contributed by atoms with E-state index < -0.39 is 0 Å². The van der Waals surface area contributed by atoms with Gasteiger partial charge in [-0.25, -0.2) is 0 Å². The molecule has 0 fully saturated rings. The monoisotopic (exact) mass is 273 g/mol. The van der Waals surface area contributed by atoms with Crippen LogP contribution in [0.1, 0.15) is 24.5 Å². The number of benzene rings is 1. The molecule has 0 radical (unpaired) electrons. The van der Waals surface area contributed by atoms with Gasteiger partial charge in [0.05, 0.1) is 12.7 Å². The van der Waals surface area contributed by atoms with Crippen molar-refractivity contribution < 1.29 is 4.74 Å². The second-order valence-corrected chi connectivity index (χ2v) is 4.95. The lowest BCUT2D eigenvalue weighted by Gasteiger charge is -2.09. The minimum atomic E-state index is 0.632. The Hall–Kier alpha value is -1.81. The average Bonchev–Trinajstić information content (AvgIpc) is 2.85. The Bertz CT molecular complexity index is 522. The number of nitrogens with one attached hydrogen (secondary N) is 1. The van der Waals surface area contributed by atoms with E-state index in [4.69, 9.17) is 4.74 Å². The van der Waals surface area contributed by atoms with E-state index in [0.29, 0.717) is 6.61 Å². The van der Waals surface area contributed by atoms with Crippen LogP contribution in [-0.2, 0) is 13.1 Å². The summed E-state index contributed by atoms with van der Waals surface area (Å²) in [6.07, 6.45) is 5.04. The van der Waals surface area contributed by atoms with Crippen LogP contribution in [0.2, 0.25) is 0 Å². The predicted octanol–water partition coefficient (Wildman–Crippen LogP) is 2.77. The molecule has 1 aromatic heterocycles. The minimum Gasteiger partial charge on any atom is -0.492 e. The molecule has 0 aliphatic heterocycles. The van der Waals surface area contributed by atoms with Crippen LogP contribution in [0.4, 0.5) is 0 Å². The van der Waals surface area contributed by atoms with Crippen LogP contribution in [-0.4, -0.2) is 22.9 Å². The highest BCUT2D eigenvalue weighted by Gasteiger charge is 1.98. The fraction of sp³-hybridized carbons (Fsp3) is 0.438. The fourth-order valence-corrected chi connectivity index (χ4v) is 2.00. The van der Waals surface area contributed by atoms with Gasteiger partial charge in [0.15, 0.2) is 0 Å². The standard InChI is InChI=1S/C16H23N3O/c1-3-7-17-12-15-5-4-6-16(10-15)20-9-8-19-13-14(2)11-18-19/h4-6,10-11,13,17H,3,7-9,12H2,1-2H3. The number of aromatic nitrogens is 2. The molecule has 0 aliphatic carbocycles. The minimum absolute atomic E-state index is 0.632. The molecule has 0 saturated heterocycles. The van der Waals surface area contributed by atoms with Gasteiger partial charge in [-0.15, -0.1) is 0 Å². The average molecular weight is 273 g/mol. The van der Waals surface area contributed by atoms with Crippen LogP contribution in [0.15, 0.2) is 36.7 Å². The summed E-state index contributed by atoms with van der Waals surface area (Å²) in [5.41, 5.74) is 2.43. The van der Waals surface area contributed by atoms with E-state index in [-0.39, 0.29) is 0 Å². The smallest absolute Gasteiger partial charge is 0.119 e. The molecule has 0 bridgehead atoms. The van der Waals surface area contributed by atoms with Gasteiger partial charge in [-0.2, -0.15) is 5.10 Å². The Labute approximate surface area is 120 Å². The van der Waals surface area contributed by atoms with Crippen LogP contribution < -0.4 is 10.1 Å². The molecule has 0 amide bonds. The maximum absolute atomic E-state index is 5.78. The molecule has 1 aromatic carbocycles. The normalized spacial score (nSPS) is 10.7. The fourth-order valence-electron chi connectivity index (χ4n) is 2.00. The summed E-state index contributed by atoms with van der Waals surface area (Å²) in [4.78, 5) is 0. The van der Waals surface area contributed by atoms with E-state index in [9.17, 15) is 0 Å². The lowest BCUT2D eigenvalue weighted by molar-refractivity contribution is 0.291. The second-order valence-electron chi connectivity index (χ2n) is 4.95. The van der Waals surface area contributed by atoms with Crippen molar-refractivity contribution in [2.24, 2.45) is 0 Å². The van der Waals surface area contributed by atoms with Crippen molar-refractivity contribution in [3.8, 4) is 5.75 Å². The van der Waals surface area contributed by atoms with Gasteiger partial charge in [0.25, 0.3) is 0 Å². The zero-order chi connectivity index (χ0) is 14.2. The summed E-state index contributed by atoms with van der Waals surface area (Å²) in [6.45, 7) is 7.55. The van der Waals surface area contributed by atoms with Crippen molar-refractivity contribution >= 4 is 0 Å². The number of nitrogens with zero attached hydrogens (tertiary/aromatic N) is 2. The Balaban J connectivity index is 1.78. The first-order chi connectivity index (χ1) is 9.78. The van der Waals surface area contributed by atoms with E-state index in [1.807, 2.05) is 36.1 Å². The highest BCUT2D eigenvalue weighted by atomic mass is 16.5. The van der Waals surface area contributed by atoms with Crippen LogP contribution >= 0.6 is 0 Å². The summed E-state index contributed by atoms with van der Waals surface area (Å²) in [5, 5.41) is 7.63. The quantitative estimate of drug-likeness (QED) is 0.752. The molecule has 0 atom stereocenters. The van der Waals surface area contributed by atoms with Crippen LogP contribution in [0.25, 0.3) is 0 Å². The molecule has 0 unspecified atom stereocenters. The molecule has 1 heterocycles. The first kappa shape index (κ1) is 14.6. The third-order valence-electron chi connectivity index (χ3n) is 3.01. The molecule has 2 rings (SSSR count). The van der Waals surface area contributed by atoms with E-state index in [1.54, 1.807) is 0 Å². The highest BCUT2D eigenvalue weighted by Crippen LogP contribution is 2.13. The van der Waals surface area contributed by atoms with Crippen molar-refractivity contribution in [2.45, 2.75) is 33.4 Å². The SMILES string of the molecule is CCCNCc1cccc(OCCn2cc(C)cn2)c1. The Morgan fingerprint density at radius 2 is 2.25 bits per heavy atom. The summed E-state index contributed by atoms with van der Waals surface area (Å²) in [7, 11) is 0. The Kier molecular flexibility index (Phi) is 5.62. The second kappa shape index (κ2) is 7.70. The molecule has 20 heavy (non-hydrogen) atoms.